The molecule has 9 heteroatoms. The van der Waals surface area contributed by atoms with Gasteiger partial charge in [0.25, 0.3) is 0 Å². The van der Waals surface area contributed by atoms with E-state index in [1.807, 2.05) is 31.3 Å². The van der Waals surface area contributed by atoms with Gasteiger partial charge in [-0.05, 0) is 34.9 Å². The number of aryl methyl sites for hydroxylation is 1. The van der Waals surface area contributed by atoms with Crippen LogP contribution in [0.4, 0.5) is 5.69 Å². The summed E-state index contributed by atoms with van der Waals surface area (Å²) >= 11 is 6.67. The molecule has 0 atom stereocenters. The summed E-state index contributed by atoms with van der Waals surface area (Å²) in [5.74, 6) is 0. The standard InChI is InChI=1S/C26H27ClN4O3S/c1-29-25(20-7-9-21(10-8-20)30-13-15-31(16-14-30)35(2,33)34)23(19-5-3-18(17-32)4-6-19)24-22(27)11-12-28-26(24)29/h3-12,32H,13-17H2,1-2H3. The minimum atomic E-state index is -3.16. The third kappa shape index (κ3) is 4.43. The van der Waals surface area contributed by atoms with Gasteiger partial charge in [0, 0.05) is 56.1 Å². The van der Waals surface area contributed by atoms with Gasteiger partial charge in [0.2, 0.25) is 10.0 Å². The fraction of sp³-hybridized carbons (Fsp3) is 0.269. The number of aliphatic hydroxyl groups excluding tert-OH is 1. The van der Waals surface area contributed by atoms with Crippen LogP contribution in [0.3, 0.4) is 0 Å². The summed E-state index contributed by atoms with van der Waals surface area (Å²) in [5, 5.41) is 11.0. The summed E-state index contributed by atoms with van der Waals surface area (Å²) in [5.41, 5.74) is 6.74. The van der Waals surface area contributed by atoms with Crippen LogP contribution in [0.15, 0.2) is 60.8 Å². The van der Waals surface area contributed by atoms with Crippen LogP contribution in [-0.2, 0) is 23.7 Å². The monoisotopic (exact) mass is 510 g/mol. The van der Waals surface area contributed by atoms with E-state index < -0.39 is 10.0 Å². The van der Waals surface area contributed by atoms with Crippen molar-refractivity contribution in [2.45, 2.75) is 6.61 Å². The highest BCUT2D eigenvalue weighted by Crippen LogP contribution is 2.42. The van der Waals surface area contributed by atoms with Crippen LogP contribution in [0.2, 0.25) is 5.02 Å². The molecule has 0 saturated carbocycles. The van der Waals surface area contributed by atoms with E-state index in [1.54, 1.807) is 12.3 Å². The van der Waals surface area contributed by atoms with Crippen molar-refractivity contribution in [1.82, 2.24) is 13.9 Å². The van der Waals surface area contributed by atoms with Gasteiger partial charge in [-0.3, -0.25) is 0 Å². The first-order valence-electron chi connectivity index (χ1n) is 11.4. The van der Waals surface area contributed by atoms with Crippen molar-refractivity contribution in [3.8, 4) is 22.4 Å². The molecule has 1 aliphatic rings. The lowest BCUT2D eigenvalue weighted by atomic mass is 9.97. The molecule has 0 unspecified atom stereocenters. The van der Waals surface area contributed by atoms with E-state index >= 15 is 0 Å². The lowest BCUT2D eigenvalue weighted by Gasteiger charge is -2.34. The zero-order valence-electron chi connectivity index (χ0n) is 19.6. The number of anilines is 1. The summed E-state index contributed by atoms with van der Waals surface area (Å²) in [6, 6.07) is 18.0. The van der Waals surface area contributed by atoms with Crippen molar-refractivity contribution in [2.24, 2.45) is 7.05 Å². The fourth-order valence-corrected chi connectivity index (χ4v) is 5.87. The van der Waals surface area contributed by atoms with Crippen molar-refractivity contribution in [3.05, 3.63) is 71.4 Å². The first-order chi connectivity index (χ1) is 16.8. The number of nitrogens with zero attached hydrogens (tertiary/aromatic N) is 4. The van der Waals surface area contributed by atoms with Gasteiger partial charge >= 0.3 is 0 Å². The summed E-state index contributed by atoms with van der Waals surface area (Å²) in [4.78, 5) is 6.81. The van der Waals surface area contributed by atoms with Crippen LogP contribution in [0.25, 0.3) is 33.4 Å². The first-order valence-corrected chi connectivity index (χ1v) is 13.6. The number of hydrogen-bond donors (Lipinski definition) is 1. The Kier molecular flexibility index (Phi) is 6.31. The average Bonchev–Trinajstić information content (AvgIpc) is 3.17. The highest BCUT2D eigenvalue weighted by molar-refractivity contribution is 7.88. The number of piperazine rings is 1. The molecule has 1 aliphatic heterocycles. The molecule has 7 nitrogen and oxygen atoms in total. The smallest absolute Gasteiger partial charge is 0.211 e. The molecule has 1 saturated heterocycles. The van der Waals surface area contributed by atoms with E-state index in [0.29, 0.717) is 31.2 Å². The maximum Gasteiger partial charge on any atom is 0.211 e. The molecule has 1 N–H and O–H groups in total. The van der Waals surface area contributed by atoms with Crippen molar-refractivity contribution in [1.29, 1.82) is 0 Å². The number of benzene rings is 2. The van der Waals surface area contributed by atoms with Gasteiger partial charge in [0.05, 0.1) is 23.6 Å². The van der Waals surface area contributed by atoms with E-state index in [4.69, 9.17) is 11.6 Å². The quantitative estimate of drug-likeness (QED) is 0.436. The number of hydrogen-bond acceptors (Lipinski definition) is 5. The Labute approximate surface area is 210 Å². The largest absolute Gasteiger partial charge is 0.392 e. The number of aromatic nitrogens is 2. The number of fused-ring (bicyclic) bond motifs is 1. The van der Waals surface area contributed by atoms with E-state index in [2.05, 4.69) is 38.7 Å². The molecule has 1 fully saturated rings. The molecule has 3 heterocycles. The molecule has 0 bridgehead atoms. The molecule has 2 aromatic carbocycles. The number of aliphatic hydroxyl groups is 1. The maximum absolute atomic E-state index is 11.8. The Balaban J connectivity index is 1.55. The van der Waals surface area contributed by atoms with Crippen LogP contribution < -0.4 is 4.90 Å². The molecule has 0 spiro atoms. The molecular formula is C26H27ClN4O3S. The molecule has 5 rings (SSSR count). The van der Waals surface area contributed by atoms with Crippen molar-refractivity contribution in [3.63, 3.8) is 0 Å². The van der Waals surface area contributed by atoms with Gasteiger partial charge in [-0.1, -0.05) is 48.0 Å². The van der Waals surface area contributed by atoms with Crippen molar-refractivity contribution < 1.29 is 13.5 Å². The molecule has 4 aromatic rings. The number of pyridine rings is 1. The van der Waals surface area contributed by atoms with Gasteiger partial charge in [0.1, 0.15) is 5.65 Å². The minimum Gasteiger partial charge on any atom is -0.392 e. The van der Waals surface area contributed by atoms with Gasteiger partial charge in [-0.15, -0.1) is 0 Å². The molecular weight excluding hydrogens is 484 g/mol. The van der Waals surface area contributed by atoms with E-state index in [1.165, 1.54) is 10.6 Å². The maximum atomic E-state index is 11.8. The molecule has 0 radical (unpaired) electrons. The SMILES string of the molecule is Cn1c(-c2ccc(N3CCN(S(C)(=O)=O)CC3)cc2)c(-c2ccc(CO)cc2)c2c(Cl)ccnc21. The van der Waals surface area contributed by atoms with Crippen molar-refractivity contribution in [2.75, 3.05) is 37.3 Å². The van der Waals surface area contributed by atoms with Crippen LogP contribution in [0.5, 0.6) is 0 Å². The summed E-state index contributed by atoms with van der Waals surface area (Å²) < 4.78 is 27.2. The van der Waals surface area contributed by atoms with E-state index in [0.717, 1.165) is 44.7 Å². The van der Waals surface area contributed by atoms with Gasteiger partial charge < -0.3 is 14.6 Å². The molecule has 0 amide bonds. The lowest BCUT2D eigenvalue weighted by Crippen LogP contribution is -2.48. The Hall–Kier alpha value is -2.91. The number of rotatable bonds is 5. The normalized spacial score (nSPS) is 15.1. The summed E-state index contributed by atoms with van der Waals surface area (Å²) in [6.07, 6.45) is 2.98. The number of sulfonamides is 1. The molecule has 182 valence electrons. The average molecular weight is 511 g/mol. The predicted octanol–water partition coefficient (Wildman–Crippen LogP) is 4.13. The van der Waals surface area contributed by atoms with E-state index in [9.17, 15) is 13.5 Å². The minimum absolute atomic E-state index is 0.00903. The number of halogens is 1. The topological polar surface area (TPSA) is 78.7 Å². The Bertz CT molecular complexity index is 1470. The van der Waals surface area contributed by atoms with Gasteiger partial charge in [0.15, 0.2) is 0 Å². The van der Waals surface area contributed by atoms with Crippen LogP contribution in [-0.4, -0.2) is 59.8 Å². The second-order valence-electron chi connectivity index (χ2n) is 8.83. The highest BCUT2D eigenvalue weighted by Gasteiger charge is 2.24. The first kappa shape index (κ1) is 23.8. The summed E-state index contributed by atoms with van der Waals surface area (Å²) in [7, 11) is -1.17. The summed E-state index contributed by atoms with van der Waals surface area (Å²) in [6.45, 7) is 2.28. The van der Waals surface area contributed by atoms with Crippen LogP contribution in [0.1, 0.15) is 5.56 Å². The third-order valence-corrected chi connectivity index (χ3v) is 8.28. The second kappa shape index (κ2) is 9.28. The Morgan fingerprint density at radius 1 is 0.943 bits per heavy atom. The fourth-order valence-electron chi connectivity index (χ4n) is 4.81. The zero-order valence-corrected chi connectivity index (χ0v) is 21.2. The van der Waals surface area contributed by atoms with Crippen molar-refractivity contribution >= 4 is 38.3 Å². The molecule has 2 aromatic heterocycles. The van der Waals surface area contributed by atoms with E-state index in [-0.39, 0.29) is 6.61 Å². The van der Waals surface area contributed by atoms with Gasteiger partial charge in [-0.25, -0.2) is 13.4 Å². The Morgan fingerprint density at radius 3 is 2.17 bits per heavy atom. The molecule has 0 aliphatic carbocycles. The second-order valence-corrected chi connectivity index (χ2v) is 11.2. The van der Waals surface area contributed by atoms with Gasteiger partial charge in [-0.2, -0.15) is 4.31 Å². The van der Waals surface area contributed by atoms with Crippen LogP contribution >= 0.6 is 11.6 Å². The predicted molar refractivity (Wildman–Crippen MR) is 141 cm³/mol. The van der Waals surface area contributed by atoms with Crippen LogP contribution in [0, 0.1) is 0 Å². The zero-order chi connectivity index (χ0) is 24.7. The third-order valence-electron chi connectivity index (χ3n) is 6.66. The highest BCUT2D eigenvalue weighted by atomic mass is 35.5. The molecule has 35 heavy (non-hydrogen) atoms. The lowest BCUT2D eigenvalue weighted by molar-refractivity contribution is 0.282. The Morgan fingerprint density at radius 2 is 1.57 bits per heavy atom.